The molecule has 0 atom stereocenters. The number of sulfonamides is 1. The summed E-state index contributed by atoms with van der Waals surface area (Å²) in [6, 6.07) is 30.9. The molecule has 1 N–H and O–H groups in total. The highest BCUT2D eigenvalue weighted by molar-refractivity contribution is 7.92. The summed E-state index contributed by atoms with van der Waals surface area (Å²) < 4.78 is 37.2. The number of aromatic nitrogens is 2. The van der Waals surface area contributed by atoms with E-state index in [-0.39, 0.29) is 10.6 Å². The van der Waals surface area contributed by atoms with Crippen LogP contribution in [0.2, 0.25) is 5.02 Å². The molecule has 1 aromatic heterocycles. The Kier molecular flexibility index (Phi) is 9.50. The van der Waals surface area contributed by atoms with E-state index in [0.29, 0.717) is 34.3 Å². The fraction of sp³-hybridized carbons (Fsp3) is 0.121. The van der Waals surface area contributed by atoms with E-state index < -0.39 is 28.0 Å². The topological polar surface area (TPSA) is 115 Å². The van der Waals surface area contributed by atoms with Crippen molar-refractivity contribution in [3.8, 4) is 11.4 Å². The third kappa shape index (κ3) is 7.17. The average molecular weight is 644 g/mol. The number of carbonyl (C=O) groups excluding carboxylic acids is 1. The molecule has 0 spiro atoms. The van der Waals surface area contributed by atoms with Gasteiger partial charge in [0.15, 0.2) is 0 Å². The molecule has 10 nitrogen and oxygen atoms in total. The number of ether oxygens (including phenoxy) is 1. The van der Waals surface area contributed by atoms with Crippen molar-refractivity contribution in [1.82, 2.24) is 14.8 Å². The number of carbonyl (C=O) groups is 1. The zero-order chi connectivity index (χ0) is 32.0. The Bertz CT molecular complexity index is 1970. The molecule has 0 aliphatic heterocycles. The van der Waals surface area contributed by atoms with Crippen LogP contribution in [-0.4, -0.2) is 36.4 Å². The average Bonchev–Trinajstić information content (AvgIpc) is 3.27. The van der Waals surface area contributed by atoms with Crippen LogP contribution in [0.25, 0.3) is 5.69 Å². The number of rotatable bonds is 11. The van der Waals surface area contributed by atoms with E-state index in [1.165, 1.54) is 23.0 Å². The van der Waals surface area contributed by atoms with Gasteiger partial charge >= 0.3 is 0 Å². The van der Waals surface area contributed by atoms with Gasteiger partial charge in [-0.2, -0.15) is 5.10 Å². The van der Waals surface area contributed by atoms with Crippen LogP contribution in [-0.2, 0) is 28.5 Å². The fourth-order valence-corrected chi connectivity index (χ4v) is 6.21. The molecule has 5 rings (SSSR count). The smallest absolute Gasteiger partial charge is 0.296 e. The molecule has 5 aromatic rings. The zero-order valence-corrected chi connectivity index (χ0v) is 26.1. The molecule has 45 heavy (non-hydrogen) atoms. The summed E-state index contributed by atoms with van der Waals surface area (Å²) in [5.74, 6) is -0.0881. The summed E-state index contributed by atoms with van der Waals surface area (Å²) in [6.45, 7) is 1.32. The highest BCUT2D eigenvalue weighted by Gasteiger charge is 2.33. The van der Waals surface area contributed by atoms with Crippen molar-refractivity contribution in [3.63, 3.8) is 0 Å². The molecule has 1 amide bonds. The van der Waals surface area contributed by atoms with Gasteiger partial charge in [-0.3, -0.25) is 14.3 Å². The van der Waals surface area contributed by atoms with Gasteiger partial charge in [-0.1, -0.05) is 60.1 Å². The van der Waals surface area contributed by atoms with Crippen LogP contribution in [0.3, 0.4) is 0 Å². The van der Waals surface area contributed by atoms with Crippen molar-refractivity contribution in [2.75, 3.05) is 10.8 Å². The molecule has 1 heterocycles. The minimum absolute atomic E-state index is 0.0615. The van der Waals surface area contributed by atoms with E-state index in [1.54, 1.807) is 97.5 Å². The van der Waals surface area contributed by atoms with E-state index in [1.807, 2.05) is 18.2 Å². The number of para-hydroxylation sites is 1. The normalized spacial score (nSPS) is 11.4. The molecule has 0 fully saturated rings. The maximum atomic E-state index is 13.8. The van der Waals surface area contributed by atoms with Crippen molar-refractivity contribution >= 4 is 39.4 Å². The minimum atomic E-state index is -4.32. The Labute approximate surface area is 265 Å². The lowest BCUT2D eigenvalue weighted by molar-refractivity contribution is -0.119. The molecule has 0 aliphatic carbocycles. The minimum Gasteiger partial charge on any atom is -0.489 e. The second kappa shape index (κ2) is 13.7. The Balaban J connectivity index is 1.34. The summed E-state index contributed by atoms with van der Waals surface area (Å²) in [4.78, 5) is 26.8. The van der Waals surface area contributed by atoms with Gasteiger partial charge in [0.25, 0.3) is 21.5 Å². The maximum Gasteiger partial charge on any atom is 0.296 e. The van der Waals surface area contributed by atoms with Crippen molar-refractivity contribution in [2.45, 2.75) is 18.4 Å². The first-order valence-corrected chi connectivity index (χ1v) is 15.7. The van der Waals surface area contributed by atoms with Gasteiger partial charge in [-0.05, 0) is 78.7 Å². The molecule has 4 aromatic carbocycles. The molecular formula is C33H30ClN5O5S. The Morgan fingerprint density at radius 1 is 0.933 bits per heavy atom. The molecule has 0 aliphatic rings. The van der Waals surface area contributed by atoms with E-state index in [4.69, 9.17) is 16.3 Å². The van der Waals surface area contributed by atoms with Crippen LogP contribution in [0.4, 0.5) is 5.69 Å². The molecule has 230 valence electrons. The van der Waals surface area contributed by atoms with Crippen molar-refractivity contribution in [1.29, 1.82) is 0 Å². The SMILES string of the molecule is Cc1c(N(CC(=O)N/N=C\c2ccc(OCc3ccc(Cl)cc3)cc2)S(=O)(=O)c2ccccc2)c(=O)n(-c2ccccc2)n1C. The second-order valence-corrected chi connectivity index (χ2v) is 12.3. The Morgan fingerprint density at radius 3 is 2.20 bits per heavy atom. The number of hydrogen-bond acceptors (Lipinski definition) is 6. The molecule has 0 unspecified atom stereocenters. The van der Waals surface area contributed by atoms with Crippen molar-refractivity contribution in [2.24, 2.45) is 12.1 Å². The summed E-state index contributed by atoms with van der Waals surface area (Å²) >= 11 is 5.92. The molecular weight excluding hydrogens is 614 g/mol. The maximum absolute atomic E-state index is 13.8. The van der Waals surface area contributed by atoms with E-state index in [2.05, 4.69) is 10.5 Å². The van der Waals surface area contributed by atoms with Crippen LogP contribution in [0.1, 0.15) is 16.8 Å². The lowest BCUT2D eigenvalue weighted by Crippen LogP contribution is -2.42. The van der Waals surface area contributed by atoms with Gasteiger partial charge in [-0.15, -0.1) is 0 Å². The number of benzene rings is 4. The number of nitrogens with zero attached hydrogens (tertiary/aromatic N) is 4. The fourth-order valence-electron chi connectivity index (χ4n) is 4.59. The third-order valence-corrected chi connectivity index (χ3v) is 9.01. The first-order valence-electron chi connectivity index (χ1n) is 13.9. The number of amides is 1. The van der Waals surface area contributed by atoms with Crippen LogP contribution in [0.5, 0.6) is 5.75 Å². The molecule has 0 saturated carbocycles. The standard InChI is InChI=1S/C33H30ClN5O5S/c1-24-32(33(41)39(37(24)2)28-9-5-3-6-10-28)38(45(42,43)30-11-7-4-8-12-30)22-31(40)36-35-21-25-15-19-29(20-16-25)44-23-26-13-17-27(34)18-14-26/h3-21H,22-23H2,1-2H3,(H,36,40)/b35-21-. The first-order chi connectivity index (χ1) is 21.6. The second-order valence-electron chi connectivity index (χ2n) is 10.0. The monoisotopic (exact) mass is 643 g/mol. The largest absolute Gasteiger partial charge is 0.489 e. The van der Waals surface area contributed by atoms with Gasteiger partial charge in [-0.25, -0.2) is 22.8 Å². The molecule has 0 radical (unpaired) electrons. The lowest BCUT2D eigenvalue weighted by atomic mass is 10.2. The van der Waals surface area contributed by atoms with Crippen molar-refractivity contribution < 1.29 is 17.9 Å². The van der Waals surface area contributed by atoms with E-state index in [0.717, 1.165) is 9.87 Å². The zero-order valence-electron chi connectivity index (χ0n) is 24.5. The number of hydrazone groups is 1. The van der Waals surface area contributed by atoms with Gasteiger partial charge in [0.2, 0.25) is 0 Å². The summed E-state index contributed by atoms with van der Waals surface area (Å²) in [7, 11) is -2.66. The predicted molar refractivity (Wildman–Crippen MR) is 175 cm³/mol. The van der Waals surface area contributed by atoms with E-state index in [9.17, 15) is 18.0 Å². The summed E-state index contributed by atoms with van der Waals surface area (Å²) in [5.41, 5.74) is 4.21. The summed E-state index contributed by atoms with van der Waals surface area (Å²) in [6.07, 6.45) is 1.42. The lowest BCUT2D eigenvalue weighted by Gasteiger charge is -2.22. The van der Waals surface area contributed by atoms with Crippen LogP contribution < -0.4 is 20.0 Å². The predicted octanol–water partition coefficient (Wildman–Crippen LogP) is 5.06. The van der Waals surface area contributed by atoms with Gasteiger partial charge in [0.1, 0.15) is 24.6 Å². The molecule has 0 saturated heterocycles. The Hall–Kier alpha value is -5.13. The van der Waals surface area contributed by atoms with Gasteiger partial charge in [0, 0.05) is 12.1 Å². The number of nitrogens with one attached hydrogen (secondary N) is 1. The quantitative estimate of drug-likeness (QED) is 0.160. The third-order valence-electron chi connectivity index (χ3n) is 6.99. The first kappa shape index (κ1) is 31.3. The highest BCUT2D eigenvalue weighted by atomic mass is 35.5. The number of halogens is 1. The summed E-state index contributed by atoms with van der Waals surface area (Å²) in [5, 5.41) is 4.66. The van der Waals surface area contributed by atoms with Crippen LogP contribution >= 0.6 is 11.6 Å². The number of anilines is 1. The Morgan fingerprint density at radius 2 is 1.56 bits per heavy atom. The number of hydrogen-bond donors (Lipinski definition) is 1. The van der Waals surface area contributed by atoms with Crippen LogP contribution in [0, 0.1) is 6.92 Å². The highest BCUT2D eigenvalue weighted by Crippen LogP contribution is 2.25. The van der Waals surface area contributed by atoms with Crippen molar-refractivity contribution in [3.05, 3.63) is 141 Å². The van der Waals surface area contributed by atoms with Crippen LogP contribution in [0.15, 0.2) is 124 Å². The van der Waals surface area contributed by atoms with Gasteiger partial charge < -0.3 is 4.74 Å². The molecule has 0 bridgehead atoms. The van der Waals surface area contributed by atoms with E-state index >= 15 is 0 Å². The molecule has 12 heteroatoms. The van der Waals surface area contributed by atoms with Gasteiger partial charge in [0.05, 0.1) is 22.5 Å².